The van der Waals surface area contributed by atoms with Crippen molar-refractivity contribution in [1.82, 2.24) is 9.38 Å². The third kappa shape index (κ3) is 1.69. The molecule has 0 bridgehead atoms. The Hall–Kier alpha value is -2.16. The number of imidazole rings is 1. The molecule has 2 nitrogen and oxygen atoms in total. The summed E-state index contributed by atoms with van der Waals surface area (Å²) in [6.45, 7) is 2.04. The number of fused-ring (bicyclic) bond motifs is 1. The molecule has 0 aliphatic carbocycles. The van der Waals surface area contributed by atoms with Gasteiger partial charge in [0.05, 0.1) is 5.69 Å². The van der Waals surface area contributed by atoms with Gasteiger partial charge in [-0.15, -0.1) is 0 Å². The first-order valence-electron chi connectivity index (χ1n) is 5.44. The summed E-state index contributed by atoms with van der Waals surface area (Å²) in [6.07, 6.45) is 3.28. The summed E-state index contributed by atoms with van der Waals surface area (Å²) in [6, 6.07) is 11.1. The number of benzene rings is 1. The number of halogens is 1. The highest BCUT2D eigenvalue weighted by Gasteiger charge is 2.06. The van der Waals surface area contributed by atoms with Crippen molar-refractivity contribution in [2.45, 2.75) is 6.92 Å². The van der Waals surface area contributed by atoms with Gasteiger partial charge in [-0.05, 0) is 24.6 Å². The van der Waals surface area contributed by atoms with E-state index in [0.29, 0.717) is 0 Å². The Morgan fingerprint density at radius 1 is 1.06 bits per heavy atom. The summed E-state index contributed by atoms with van der Waals surface area (Å²) in [5.74, 6) is -0.258. The van der Waals surface area contributed by atoms with Crippen LogP contribution in [0.3, 0.4) is 0 Å². The van der Waals surface area contributed by atoms with Crippen molar-refractivity contribution in [3.05, 3.63) is 60.2 Å². The zero-order valence-electron chi connectivity index (χ0n) is 9.39. The Morgan fingerprint density at radius 2 is 1.88 bits per heavy atom. The van der Waals surface area contributed by atoms with E-state index < -0.39 is 0 Å². The van der Waals surface area contributed by atoms with Crippen LogP contribution in [0.1, 0.15) is 5.56 Å². The lowest BCUT2D eigenvalue weighted by molar-refractivity contribution is 0.619. The molecule has 1 aromatic carbocycles. The second-order valence-electron chi connectivity index (χ2n) is 4.05. The van der Waals surface area contributed by atoms with Crippen LogP contribution in [-0.4, -0.2) is 9.38 Å². The summed E-state index contributed by atoms with van der Waals surface area (Å²) in [7, 11) is 0. The fraction of sp³-hybridized carbons (Fsp3) is 0.0714. The van der Waals surface area contributed by atoms with Gasteiger partial charge in [0.25, 0.3) is 0 Å². The van der Waals surface area contributed by atoms with Crippen molar-refractivity contribution in [2.75, 3.05) is 0 Å². The van der Waals surface area contributed by atoms with E-state index in [1.807, 2.05) is 37.4 Å². The average Bonchev–Trinajstić information content (AvgIpc) is 2.72. The minimum atomic E-state index is -0.258. The lowest BCUT2D eigenvalue weighted by Gasteiger charge is -1.99. The van der Waals surface area contributed by atoms with Crippen molar-refractivity contribution in [3.63, 3.8) is 0 Å². The molecule has 0 N–H and O–H groups in total. The van der Waals surface area contributed by atoms with E-state index in [1.165, 1.54) is 12.3 Å². The molecule has 0 saturated carbocycles. The van der Waals surface area contributed by atoms with E-state index in [9.17, 15) is 4.39 Å². The van der Waals surface area contributed by atoms with E-state index >= 15 is 0 Å². The highest BCUT2D eigenvalue weighted by molar-refractivity contribution is 5.65. The first kappa shape index (κ1) is 10.0. The van der Waals surface area contributed by atoms with Gasteiger partial charge < -0.3 is 4.40 Å². The average molecular weight is 226 g/mol. The molecule has 0 unspecified atom stereocenters. The third-order valence-electron chi connectivity index (χ3n) is 2.84. The van der Waals surface area contributed by atoms with Crippen LogP contribution in [0.15, 0.2) is 48.8 Å². The van der Waals surface area contributed by atoms with Crippen molar-refractivity contribution in [1.29, 1.82) is 0 Å². The topological polar surface area (TPSA) is 17.3 Å². The lowest BCUT2D eigenvalue weighted by Crippen LogP contribution is -1.83. The van der Waals surface area contributed by atoms with E-state index in [0.717, 1.165) is 22.5 Å². The van der Waals surface area contributed by atoms with Gasteiger partial charge in [-0.3, -0.25) is 0 Å². The molecule has 0 amide bonds. The van der Waals surface area contributed by atoms with Gasteiger partial charge in [0.15, 0.2) is 0 Å². The van der Waals surface area contributed by atoms with Crippen molar-refractivity contribution < 1.29 is 4.39 Å². The molecule has 3 rings (SSSR count). The Balaban J connectivity index is 2.22. The molecule has 0 fully saturated rings. The minimum absolute atomic E-state index is 0.258. The zero-order chi connectivity index (χ0) is 11.8. The van der Waals surface area contributed by atoms with Crippen molar-refractivity contribution in [3.8, 4) is 11.3 Å². The molecule has 3 aromatic rings. The summed E-state index contributed by atoms with van der Waals surface area (Å²) in [5.41, 5.74) is 3.87. The van der Waals surface area contributed by atoms with Crippen molar-refractivity contribution >= 4 is 5.65 Å². The third-order valence-corrected chi connectivity index (χ3v) is 2.84. The first-order chi connectivity index (χ1) is 8.24. The Kier molecular flexibility index (Phi) is 2.18. The minimum Gasteiger partial charge on any atom is -0.304 e. The lowest BCUT2D eigenvalue weighted by atomic mass is 10.1. The van der Waals surface area contributed by atoms with Gasteiger partial charge in [-0.25, -0.2) is 9.37 Å². The second-order valence-corrected chi connectivity index (χ2v) is 4.05. The van der Waals surface area contributed by atoms with Gasteiger partial charge in [0, 0.05) is 18.0 Å². The van der Waals surface area contributed by atoms with Crippen LogP contribution < -0.4 is 0 Å². The molecule has 17 heavy (non-hydrogen) atoms. The van der Waals surface area contributed by atoms with Crippen LogP contribution in [0.4, 0.5) is 4.39 Å². The number of hydrogen-bond acceptors (Lipinski definition) is 1. The van der Waals surface area contributed by atoms with Gasteiger partial charge in [0.1, 0.15) is 11.5 Å². The largest absolute Gasteiger partial charge is 0.304 e. The highest BCUT2D eigenvalue weighted by Crippen LogP contribution is 2.22. The normalized spacial score (nSPS) is 10.9. The smallest absolute Gasteiger partial charge is 0.139 e. The van der Waals surface area contributed by atoms with E-state index in [4.69, 9.17) is 0 Å². The molecule has 0 spiro atoms. The van der Waals surface area contributed by atoms with Crippen LogP contribution in [-0.2, 0) is 0 Å². The number of pyridine rings is 1. The number of hydrogen-bond donors (Lipinski definition) is 0. The van der Waals surface area contributed by atoms with Crippen LogP contribution in [0.2, 0.25) is 0 Å². The predicted molar refractivity (Wildman–Crippen MR) is 65.3 cm³/mol. The molecule has 2 heterocycles. The zero-order valence-corrected chi connectivity index (χ0v) is 9.39. The summed E-state index contributed by atoms with van der Waals surface area (Å²) >= 11 is 0. The maximum absolute atomic E-state index is 13.1. The van der Waals surface area contributed by atoms with Gasteiger partial charge in [-0.1, -0.05) is 24.3 Å². The molecule has 2 aromatic heterocycles. The predicted octanol–water partition coefficient (Wildman–Crippen LogP) is 3.45. The molecule has 3 heteroatoms. The SMILES string of the molecule is Cc1ccccc1-c1cn2cc(F)ccc2n1. The molecular formula is C14H11FN2. The van der Waals surface area contributed by atoms with Crippen molar-refractivity contribution in [2.24, 2.45) is 0 Å². The number of aromatic nitrogens is 2. The quantitative estimate of drug-likeness (QED) is 0.621. The number of rotatable bonds is 1. The van der Waals surface area contributed by atoms with Gasteiger partial charge in [-0.2, -0.15) is 0 Å². The summed E-state index contributed by atoms with van der Waals surface area (Å²) < 4.78 is 14.8. The van der Waals surface area contributed by atoms with Gasteiger partial charge >= 0.3 is 0 Å². The van der Waals surface area contributed by atoms with Crippen LogP contribution in [0.5, 0.6) is 0 Å². The Labute approximate surface area is 98.4 Å². The maximum Gasteiger partial charge on any atom is 0.139 e. The first-order valence-corrected chi connectivity index (χ1v) is 5.44. The van der Waals surface area contributed by atoms with E-state index in [-0.39, 0.29) is 5.82 Å². The fourth-order valence-electron chi connectivity index (χ4n) is 1.95. The number of aryl methyl sites for hydroxylation is 1. The number of nitrogens with zero attached hydrogens (tertiary/aromatic N) is 2. The molecule has 84 valence electrons. The summed E-state index contributed by atoms with van der Waals surface area (Å²) in [4.78, 5) is 4.48. The van der Waals surface area contributed by atoms with E-state index in [1.54, 1.807) is 10.5 Å². The molecule has 0 saturated heterocycles. The van der Waals surface area contributed by atoms with E-state index in [2.05, 4.69) is 4.98 Å². The molecular weight excluding hydrogens is 215 g/mol. The second kappa shape index (κ2) is 3.70. The fourth-order valence-corrected chi connectivity index (χ4v) is 1.95. The molecule has 0 atom stereocenters. The summed E-state index contributed by atoms with van der Waals surface area (Å²) in [5, 5.41) is 0. The molecule has 0 aliphatic heterocycles. The monoisotopic (exact) mass is 226 g/mol. The van der Waals surface area contributed by atoms with Gasteiger partial charge in [0.2, 0.25) is 0 Å². The van der Waals surface area contributed by atoms with Crippen LogP contribution in [0, 0.1) is 12.7 Å². The Bertz CT molecular complexity index is 686. The maximum atomic E-state index is 13.1. The Morgan fingerprint density at radius 3 is 2.71 bits per heavy atom. The molecule has 0 radical (unpaired) electrons. The van der Waals surface area contributed by atoms with Crippen LogP contribution >= 0.6 is 0 Å². The standard InChI is InChI=1S/C14H11FN2/c1-10-4-2-3-5-12(10)13-9-17-8-11(15)6-7-14(17)16-13/h2-9H,1H3. The highest BCUT2D eigenvalue weighted by atomic mass is 19.1. The molecule has 0 aliphatic rings. The van der Waals surface area contributed by atoms with Crippen LogP contribution in [0.25, 0.3) is 16.9 Å².